The number of furan rings is 1. The van der Waals surface area contributed by atoms with E-state index in [0.717, 1.165) is 12.8 Å². The molecule has 0 saturated carbocycles. The molecule has 0 saturated heterocycles. The van der Waals surface area contributed by atoms with Crippen molar-refractivity contribution in [1.29, 1.82) is 0 Å². The number of nitrogens with one attached hydrogen (secondary N) is 1. The number of ether oxygens (including phenoxy) is 1. The van der Waals surface area contributed by atoms with Gasteiger partial charge in [-0.2, -0.15) is 0 Å². The van der Waals surface area contributed by atoms with E-state index in [0.29, 0.717) is 55.7 Å². The molecule has 25 heavy (non-hydrogen) atoms. The molecule has 2 amide bonds. The Morgan fingerprint density at radius 1 is 1.28 bits per heavy atom. The van der Waals surface area contributed by atoms with Crippen LogP contribution in [0.4, 0.5) is 0 Å². The fourth-order valence-electron chi connectivity index (χ4n) is 2.55. The van der Waals surface area contributed by atoms with Crippen molar-refractivity contribution >= 4 is 11.8 Å². The molecule has 142 valence electrons. The van der Waals surface area contributed by atoms with Gasteiger partial charge in [0.1, 0.15) is 11.5 Å². The van der Waals surface area contributed by atoms with Crippen LogP contribution in [0.25, 0.3) is 0 Å². The van der Waals surface area contributed by atoms with Crippen molar-refractivity contribution in [2.45, 2.75) is 47.0 Å². The van der Waals surface area contributed by atoms with Crippen LogP contribution in [-0.4, -0.2) is 50.1 Å². The molecule has 0 fully saturated rings. The number of hydrogen-bond acceptors (Lipinski definition) is 4. The summed E-state index contributed by atoms with van der Waals surface area (Å²) in [6, 6.07) is 1.75. The summed E-state index contributed by atoms with van der Waals surface area (Å²) in [4.78, 5) is 26.5. The Labute approximate surface area is 150 Å². The van der Waals surface area contributed by atoms with Crippen LogP contribution in [0.5, 0.6) is 0 Å². The number of amides is 2. The van der Waals surface area contributed by atoms with Gasteiger partial charge in [-0.25, -0.2) is 0 Å². The molecule has 0 bridgehead atoms. The fourth-order valence-corrected chi connectivity index (χ4v) is 2.55. The van der Waals surface area contributed by atoms with Crippen LogP contribution in [0, 0.1) is 19.8 Å². The minimum atomic E-state index is -0.0968. The summed E-state index contributed by atoms with van der Waals surface area (Å²) in [6.45, 7) is 10.0. The summed E-state index contributed by atoms with van der Waals surface area (Å²) in [6.07, 6.45) is 1.98. The van der Waals surface area contributed by atoms with Gasteiger partial charge >= 0.3 is 0 Å². The largest absolute Gasteiger partial charge is 0.466 e. The third-order valence-electron chi connectivity index (χ3n) is 3.99. The van der Waals surface area contributed by atoms with Crippen molar-refractivity contribution < 1.29 is 18.7 Å². The van der Waals surface area contributed by atoms with Crippen LogP contribution in [0.15, 0.2) is 10.5 Å². The molecule has 1 rings (SSSR count). The lowest BCUT2D eigenvalue weighted by Gasteiger charge is -2.22. The molecule has 0 atom stereocenters. The summed E-state index contributed by atoms with van der Waals surface area (Å²) in [5.41, 5.74) is 0.565. The monoisotopic (exact) mass is 352 g/mol. The molecule has 0 aromatic carbocycles. The molecule has 6 nitrogen and oxygen atoms in total. The molecular weight excluding hydrogens is 320 g/mol. The molecule has 0 aliphatic heterocycles. The summed E-state index contributed by atoms with van der Waals surface area (Å²) in [7, 11) is 1.64. The molecule has 0 unspecified atom stereocenters. The van der Waals surface area contributed by atoms with Gasteiger partial charge in [0.25, 0.3) is 5.91 Å². The second kappa shape index (κ2) is 10.9. The predicted octanol–water partition coefficient (Wildman–Crippen LogP) is 2.93. The smallest absolute Gasteiger partial charge is 0.257 e. The highest BCUT2D eigenvalue weighted by Gasteiger charge is 2.21. The lowest BCUT2D eigenvalue weighted by molar-refractivity contribution is -0.121. The first-order valence-electron chi connectivity index (χ1n) is 8.97. The van der Waals surface area contributed by atoms with Gasteiger partial charge in [0, 0.05) is 39.8 Å². The zero-order valence-electron chi connectivity index (χ0n) is 16.2. The SMILES string of the molecule is COCCCN(CCC(=O)NCCC(C)C)C(=O)c1cc(C)oc1C. The van der Waals surface area contributed by atoms with Gasteiger partial charge in [-0.05, 0) is 38.7 Å². The molecule has 0 spiro atoms. The molecular formula is C19H32N2O4. The Morgan fingerprint density at radius 3 is 2.56 bits per heavy atom. The van der Waals surface area contributed by atoms with Crippen molar-refractivity contribution in [1.82, 2.24) is 10.2 Å². The molecule has 6 heteroatoms. The van der Waals surface area contributed by atoms with Gasteiger partial charge in [0.2, 0.25) is 5.91 Å². The van der Waals surface area contributed by atoms with Gasteiger partial charge in [0.05, 0.1) is 5.56 Å². The second-order valence-corrected chi connectivity index (χ2v) is 6.75. The van der Waals surface area contributed by atoms with Crippen molar-refractivity contribution in [2.75, 3.05) is 33.4 Å². The Balaban J connectivity index is 2.62. The Bertz CT molecular complexity index is 552. The topological polar surface area (TPSA) is 71.8 Å². The minimum absolute atomic E-state index is 0.0229. The number of carbonyl (C=O) groups is 2. The first kappa shape index (κ1) is 21.2. The third-order valence-corrected chi connectivity index (χ3v) is 3.99. The Morgan fingerprint density at radius 2 is 2.00 bits per heavy atom. The van der Waals surface area contributed by atoms with E-state index in [1.54, 1.807) is 25.0 Å². The maximum atomic E-state index is 12.8. The number of carbonyl (C=O) groups excluding carboxylic acids is 2. The van der Waals surface area contributed by atoms with Crippen molar-refractivity contribution in [2.24, 2.45) is 5.92 Å². The van der Waals surface area contributed by atoms with Gasteiger partial charge in [-0.3, -0.25) is 9.59 Å². The van der Waals surface area contributed by atoms with E-state index >= 15 is 0 Å². The lowest BCUT2D eigenvalue weighted by Crippen LogP contribution is -2.36. The van der Waals surface area contributed by atoms with Crippen LogP contribution in [0.2, 0.25) is 0 Å². The minimum Gasteiger partial charge on any atom is -0.466 e. The van der Waals surface area contributed by atoms with Gasteiger partial charge < -0.3 is 19.4 Å². The van der Waals surface area contributed by atoms with Crippen molar-refractivity contribution in [3.05, 3.63) is 23.2 Å². The maximum absolute atomic E-state index is 12.8. The summed E-state index contributed by atoms with van der Waals surface area (Å²) in [5.74, 6) is 1.76. The zero-order chi connectivity index (χ0) is 18.8. The van der Waals surface area contributed by atoms with E-state index in [-0.39, 0.29) is 11.8 Å². The Kier molecular flexibility index (Phi) is 9.27. The molecule has 1 N–H and O–H groups in total. The van der Waals surface area contributed by atoms with Crippen LogP contribution in [0.1, 0.15) is 55.0 Å². The average molecular weight is 352 g/mol. The van der Waals surface area contributed by atoms with Crippen LogP contribution in [0.3, 0.4) is 0 Å². The summed E-state index contributed by atoms with van der Waals surface area (Å²) in [5, 5.41) is 2.91. The second-order valence-electron chi connectivity index (χ2n) is 6.75. The third kappa shape index (κ3) is 7.73. The van der Waals surface area contributed by atoms with E-state index in [2.05, 4.69) is 19.2 Å². The van der Waals surface area contributed by atoms with Crippen molar-refractivity contribution in [3.8, 4) is 0 Å². The quantitative estimate of drug-likeness (QED) is 0.622. The van der Waals surface area contributed by atoms with Gasteiger partial charge in [-0.1, -0.05) is 13.8 Å². The number of methoxy groups -OCH3 is 1. The molecule has 1 aromatic rings. The molecule has 1 aromatic heterocycles. The zero-order valence-corrected chi connectivity index (χ0v) is 16.2. The van der Waals surface area contributed by atoms with Gasteiger partial charge in [-0.15, -0.1) is 0 Å². The highest BCUT2D eigenvalue weighted by Crippen LogP contribution is 2.16. The first-order valence-corrected chi connectivity index (χ1v) is 8.97. The van der Waals surface area contributed by atoms with E-state index < -0.39 is 0 Å². The summed E-state index contributed by atoms with van der Waals surface area (Å²) >= 11 is 0. The molecule has 0 aliphatic carbocycles. The fraction of sp³-hybridized carbons (Fsp3) is 0.684. The summed E-state index contributed by atoms with van der Waals surface area (Å²) < 4.78 is 10.5. The molecule has 0 aliphatic rings. The van der Waals surface area contributed by atoms with E-state index in [1.165, 1.54) is 0 Å². The highest BCUT2D eigenvalue weighted by molar-refractivity contribution is 5.95. The molecule has 0 radical (unpaired) electrons. The normalized spacial score (nSPS) is 11.0. The standard InChI is InChI=1S/C19H32N2O4/c1-14(2)7-9-20-18(22)8-11-21(10-6-12-24-5)19(23)17-13-15(3)25-16(17)4/h13-14H,6-12H2,1-5H3,(H,20,22). The van der Waals surface area contributed by atoms with Crippen LogP contribution >= 0.6 is 0 Å². The number of nitrogens with zero attached hydrogens (tertiary/aromatic N) is 1. The van der Waals surface area contributed by atoms with Crippen LogP contribution < -0.4 is 5.32 Å². The number of hydrogen-bond donors (Lipinski definition) is 1. The van der Waals surface area contributed by atoms with Crippen molar-refractivity contribution in [3.63, 3.8) is 0 Å². The Hall–Kier alpha value is -1.82. The van der Waals surface area contributed by atoms with E-state index in [4.69, 9.17) is 9.15 Å². The number of rotatable bonds is 11. The van der Waals surface area contributed by atoms with Gasteiger partial charge in [0.15, 0.2) is 0 Å². The molecule has 1 heterocycles. The first-order chi connectivity index (χ1) is 11.8. The highest BCUT2D eigenvalue weighted by atomic mass is 16.5. The average Bonchev–Trinajstić information content (AvgIpc) is 2.88. The predicted molar refractivity (Wildman–Crippen MR) is 97.7 cm³/mol. The van der Waals surface area contributed by atoms with E-state index in [9.17, 15) is 9.59 Å². The number of aryl methyl sites for hydroxylation is 2. The van der Waals surface area contributed by atoms with Crippen LogP contribution in [-0.2, 0) is 9.53 Å². The lowest BCUT2D eigenvalue weighted by atomic mass is 10.1. The maximum Gasteiger partial charge on any atom is 0.257 e. The van der Waals surface area contributed by atoms with E-state index in [1.807, 2.05) is 6.92 Å².